The van der Waals surface area contributed by atoms with Crippen molar-refractivity contribution in [1.29, 1.82) is 0 Å². The van der Waals surface area contributed by atoms with E-state index in [2.05, 4.69) is 17.4 Å². The zero-order valence-electron chi connectivity index (χ0n) is 10.7. The highest BCUT2D eigenvalue weighted by Crippen LogP contribution is 2.35. The molecule has 1 saturated carbocycles. The van der Waals surface area contributed by atoms with Gasteiger partial charge in [-0.15, -0.1) is 0 Å². The van der Waals surface area contributed by atoms with Crippen LogP contribution in [0.4, 0.5) is 0 Å². The Balaban J connectivity index is 1.67. The zero-order valence-corrected chi connectivity index (χ0v) is 10.7. The maximum atomic E-state index is 9.47. The largest absolute Gasteiger partial charge is 0.493 e. The van der Waals surface area contributed by atoms with Gasteiger partial charge in [0.15, 0.2) is 0 Å². The van der Waals surface area contributed by atoms with Gasteiger partial charge in [0.25, 0.3) is 0 Å². The highest BCUT2D eigenvalue weighted by Gasteiger charge is 2.36. The van der Waals surface area contributed by atoms with E-state index >= 15 is 0 Å². The third-order valence-corrected chi connectivity index (χ3v) is 4.42. The van der Waals surface area contributed by atoms with Gasteiger partial charge in [-0.3, -0.25) is 0 Å². The molecule has 3 rings (SSSR count). The Morgan fingerprint density at radius 1 is 1.33 bits per heavy atom. The summed E-state index contributed by atoms with van der Waals surface area (Å²) in [6, 6.07) is 8.31. The molecule has 1 aromatic carbocycles. The van der Waals surface area contributed by atoms with Crippen molar-refractivity contribution < 1.29 is 9.84 Å². The van der Waals surface area contributed by atoms with Gasteiger partial charge in [-0.2, -0.15) is 0 Å². The van der Waals surface area contributed by atoms with E-state index in [4.69, 9.17) is 4.74 Å². The minimum Gasteiger partial charge on any atom is -0.493 e. The van der Waals surface area contributed by atoms with Crippen molar-refractivity contribution in [3.63, 3.8) is 0 Å². The van der Waals surface area contributed by atoms with E-state index in [1.54, 1.807) is 0 Å². The second-order valence-electron chi connectivity index (χ2n) is 5.54. The first-order chi connectivity index (χ1) is 8.83. The number of aliphatic hydroxyl groups is 1. The summed E-state index contributed by atoms with van der Waals surface area (Å²) in [5.41, 5.74) is 1.32. The van der Waals surface area contributed by atoms with E-state index in [1.165, 1.54) is 12.0 Å². The Morgan fingerprint density at radius 2 is 2.17 bits per heavy atom. The third kappa shape index (κ3) is 2.13. The number of benzene rings is 1. The minimum absolute atomic E-state index is 0.00719. The molecule has 1 fully saturated rings. The number of para-hydroxylation sites is 1. The van der Waals surface area contributed by atoms with Gasteiger partial charge < -0.3 is 15.2 Å². The van der Waals surface area contributed by atoms with Crippen LogP contribution in [0.5, 0.6) is 5.75 Å². The Morgan fingerprint density at radius 3 is 2.89 bits per heavy atom. The first-order valence-electron chi connectivity index (χ1n) is 6.91. The van der Waals surface area contributed by atoms with E-state index in [0.717, 1.165) is 38.2 Å². The lowest BCUT2D eigenvalue weighted by Crippen LogP contribution is -2.55. The fourth-order valence-corrected chi connectivity index (χ4v) is 2.96. The Hall–Kier alpha value is -1.06. The molecule has 3 nitrogen and oxygen atoms in total. The second-order valence-corrected chi connectivity index (χ2v) is 5.54. The molecule has 0 saturated heterocycles. The van der Waals surface area contributed by atoms with E-state index in [0.29, 0.717) is 5.92 Å². The van der Waals surface area contributed by atoms with Crippen molar-refractivity contribution in [3.05, 3.63) is 29.8 Å². The van der Waals surface area contributed by atoms with Crippen LogP contribution in [-0.4, -0.2) is 30.4 Å². The minimum atomic E-state index is 0.00719. The van der Waals surface area contributed by atoms with E-state index in [9.17, 15) is 5.11 Å². The fraction of sp³-hybridized carbons (Fsp3) is 0.600. The molecular weight excluding hydrogens is 226 g/mol. The highest BCUT2D eigenvalue weighted by molar-refractivity contribution is 5.38. The van der Waals surface area contributed by atoms with Gasteiger partial charge in [0.2, 0.25) is 0 Å². The van der Waals surface area contributed by atoms with E-state index < -0.39 is 0 Å². The molecule has 98 valence electrons. The fourth-order valence-electron chi connectivity index (χ4n) is 2.96. The summed E-state index contributed by atoms with van der Waals surface area (Å²) < 4.78 is 5.68. The van der Waals surface area contributed by atoms with Crippen molar-refractivity contribution in [3.8, 4) is 5.75 Å². The maximum absolute atomic E-state index is 9.47. The molecule has 1 aliphatic heterocycles. The van der Waals surface area contributed by atoms with Crippen LogP contribution >= 0.6 is 0 Å². The van der Waals surface area contributed by atoms with Crippen molar-refractivity contribution in [2.75, 3.05) is 19.8 Å². The molecule has 0 aromatic heterocycles. The van der Waals surface area contributed by atoms with Gasteiger partial charge in [-0.25, -0.2) is 0 Å². The first-order valence-corrected chi connectivity index (χ1v) is 6.91. The topological polar surface area (TPSA) is 41.5 Å². The number of hydrogen-bond acceptors (Lipinski definition) is 3. The summed E-state index contributed by atoms with van der Waals surface area (Å²) in [5, 5.41) is 13.1. The zero-order chi connectivity index (χ0) is 12.4. The molecule has 3 heteroatoms. The summed E-state index contributed by atoms with van der Waals surface area (Å²) in [7, 11) is 0. The number of rotatable bonds is 4. The number of hydrogen-bond donors (Lipinski definition) is 2. The molecule has 1 aromatic rings. The molecule has 1 atom stereocenters. The van der Waals surface area contributed by atoms with Gasteiger partial charge >= 0.3 is 0 Å². The van der Waals surface area contributed by atoms with E-state index in [-0.39, 0.29) is 12.1 Å². The third-order valence-electron chi connectivity index (χ3n) is 4.42. The lowest BCUT2D eigenvalue weighted by Gasteiger charge is -2.42. The average molecular weight is 247 g/mol. The van der Waals surface area contributed by atoms with Crippen LogP contribution in [0.15, 0.2) is 24.3 Å². The summed E-state index contributed by atoms with van der Waals surface area (Å²) in [6.07, 6.45) is 4.51. The lowest BCUT2D eigenvalue weighted by atomic mass is 9.77. The molecule has 1 heterocycles. The molecule has 0 radical (unpaired) electrons. The summed E-state index contributed by atoms with van der Waals surface area (Å²) in [5.74, 6) is 1.54. The lowest BCUT2D eigenvalue weighted by molar-refractivity contribution is 0.0856. The van der Waals surface area contributed by atoms with Gasteiger partial charge in [0.1, 0.15) is 5.75 Å². The van der Waals surface area contributed by atoms with Crippen molar-refractivity contribution in [1.82, 2.24) is 5.32 Å². The smallest absolute Gasteiger partial charge is 0.122 e. The number of fused-ring (bicyclic) bond motifs is 1. The Kier molecular flexibility index (Phi) is 3.27. The van der Waals surface area contributed by atoms with Crippen LogP contribution in [0.3, 0.4) is 0 Å². The monoisotopic (exact) mass is 247 g/mol. The molecule has 0 amide bonds. The summed E-state index contributed by atoms with van der Waals surface area (Å²) in [4.78, 5) is 0. The van der Waals surface area contributed by atoms with Crippen LogP contribution in [-0.2, 0) is 0 Å². The maximum Gasteiger partial charge on any atom is 0.122 e. The second kappa shape index (κ2) is 4.90. The molecule has 1 aliphatic carbocycles. The van der Waals surface area contributed by atoms with Crippen LogP contribution in [0.25, 0.3) is 0 Å². The van der Waals surface area contributed by atoms with Crippen LogP contribution < -0.4 is 10.1 Å². The quantitative estimate of drug-likeness (QED) is 0.855. The van der Waals surface area contributed by atoms with Crippen LogP contribution in [0.1, 0.15) is 37.2 Å². The van der Waals surface area contributed by atoms with Gasteiger partial charge in [-0.1, -0.05) is 18.2 Å². The molecule has 2 N–H and O–H groups in total. The summed E-state index contributed by atoms with van der Waals surface area (Å²) in [6.45, 7) is 2.01. The molecule has 2 aliphatic rings. The van der Waals surface area contributed by atoms with Crippen molar-refractivity contribution in [2.24, 2.45) is 0 Å². The molecular formula is C15H21NO2. The van der Waals surface area contributed by atoms with E-state index in [1.807, 2.05) is 12.1 Å². The number of aliphatic hydroxyl groups excluding tert-OH is 1. The summed E-state index contributed by atoms with van der Waals surface area (Å²) >= 11 is 0. The van der Waals surface area contributed by atoms with Crippen molar-refractivity contribution in [2.45, 2.75) is 37.1 Å². The predicted octanol–water partition coefficient (Wildman–Crippen LogP) is 2.06. The van der Waals surface area contributed by atoms with Crippen LogP contribution in [0.2, 0.25) is 0 Å². The SMILES string of the molecule is OCC1(NCC2CCOc3ccccc32)CCC1. The molecule has 0 spiro atoms. The highest BCUT2D eigenvalue weighted by atomic mass is 16.5. The van der Waals surface area contributed by atoms with Crippen molar-refractivity contribution >= 4 is 0 Å². The predicted molar refractivity (Wildman–Crippen MR) is 71.0 cm³/mol. The van der Waals surface area contributed by atoms with Gasteiger partial charge in [0.05, 0.1) is 13.2 Å². The Labute approximate surface area is 108 Å². The van der Waals surface area contributed by atoms with Crippen LogP contribution in [0, 0.1) is 0 Å². The number of nitrogens with one attached hydrogen (secondary N) is 1. The molecule has 18 heavy (non-hydrogen) atoms. The standard InChI is InChI=1S/C15H21NO2/c17-11-15(7-3-8-15)16-10-12-6-9-18-14-5-2-1-4-13(12)14/h1-2,4-5,12,16-17H,3,6-11H2. The average Bonchev–Trinajstić information content (AvgIpc) is 2.38. The Bertz CT molecular complexity index is 409. The number of ether oxygens (including phenoxy) is 1. The van der Waals surface area contributed by atoms with Gasteiger partial charge in [0, 0.05) is 18.0 Å². The van der Waals surface area contributed by atoms with Gasteiger partial charge in [-0.05, 0) is 37.3 Å². The normalized spacial score (nSPS) is 24.8. The molecule has 0 bridgehead atoms. The first kappa shape index (κ1) is 12.0. The molecule has 1 unspecified atom stereocenters.